The molecule has 41 heavy (non-hydrogen) atoms. The summed E-state index contributed by atoms with van der Waals surface area (Å²) in [6.07, 6.45) is 2.88. The monoisotopic (exact) mass is 583 g/mol. The van der Waals surface area contributed by atoms with E-state index in [4.69, 9.17) is 4.74 Å². The Kier molecular flexibility index (Phi) is 11.7. The summed E-state index contributed by atoms with van der Waals surface area (Å²) < 4.78 is 46.3. The van der Waals surface area contributed by atoms with Crippen LogP contribution in [0.1, 0.15) is 37.8 Å². The van der Waals surface area contributed by atoms with Gasteiger partial charge in [-0.05, 0) is 48.7 Å². The average Bonchev–Trinajstić information content (AvgIpc) is 2.95. The Labute approximate surface area is 242 Å². The van der Waals surface area contributed by atoms with Crippen LogP contribution in [0.15, 0.2) is 78.9 Å². The molecule has 3 aromatic rings. The summed E-state index contributed by atoms with van der Waals surface area (Å²) in [6, 6.07) is 20.6. The van der Waals surface area contributed by atoms with E-state index in [1.807, 2.05) is 37.3 Å². The molecular formula is C31H38FN3O5S. The highest BCUT2D eigenvalue weighted by Crippen LogP contribution is 2.30. The number of halogens is 1. The molecule has 8 nitrogen and oxygen atoms in total. The number of carbonyl (C=O) groups is 2. The zero-order valence-corrected chi connectivity index (χ0v) is 24.6. The minimum atomic E-state index is -3.93. The molecule has 3 aromatic carbocycles. The average molecular weight is 584 g/mol. The Morgan fingerprint density at radius 2 is 1.59 bits per heavy atom. The smallest absolute Gasteiger partial charge is 0.244 e. The number of carbonyl (C=O) groups excluding carboxylic acids is 2. The summed E-state index contributed by atoms with van der Waals surface area (Å²) in [5.41, 5.74) is 1.65. The SMILES string of the molecule is CCCCNC(=O)[C@@H](Cc1ccccc1)N(Cc1ccc(F)cc1)C(=O)CN(c1ccccc1OCC)S(C)(=O)=O. The van der Waals surface area contributed by atoms with Gasteiger partial charge in [0.2, 0.25) is 21.8 Å². The van der Waals surface area contributed by atoms with Gasteiger partial charge in [-0.3, -0.25) is 13.9 Å². The Hall–Kier alpha value is -3.92. The largest absolute Gasteiger partial charge is 0.492 e. The summed E-state index contributed by atoms with van der Waals surface area (Å²) in [5.74, 6) is -1.05. The van der Waals surface area contributed by atoms with Crippen molar-refractivity contribution < 1.29 is 27.1 Å². The first kappa shape index (κ1) is 31.6. The number of ether oxygens (including phenoxy) is 1. The number of sulfonamides is 1. The predicted molar refractivity (Wildman–Crippen MR) is 159 cm³/mol. The fraction of sp³-hybridized carbons (Fsp3) is 0.355. The van der Waals surface area contributed by atoms with Crippen molar-refractivity contribution in [1.29, 1.82) is 0 Å². The van der Waals surface area contributed by atoms with Crippen molar-refractivity contribution >= 4 is 27.5 Å². The lowest BCUT2D eigenvalue weighted by Gasteiger charge is -2.33. The summed E-state index contributed by atoms with van der Waals surface area (Å²) in [4.78, 5) is 29.1. The predicted octanol–water partition coefficient (Wildman–Crippen LogP) is 4.55. The molecule has 0 aliphatic rings. The number of benzene rings is 3. The zero-order valence-electron chi connectivity index (χ0n) is 23.8. The van der Waals surface area contributed by atoms with E-state index in [2.05, 4.69) is 5.32 Å². The number of unbranched alkanes of at least 4 members (excludes halogenated alkanes) is 1. The minimum absolute atomic E-state index is 0.0253. The van der Waals surface area contributed by atoms with Gasteiger partial charge in [0.25, 0.3) is 0 Å². The number of hydrogen-bond acceptors (Lipinski definition) is 5. The molecule has 2 amide bonds. The van der Waals surface area contributed by atoms with Crippen LogP contribution in [0, 0.1) is 5.82 Å². The van der Waals surface area contributed by atoms with Crippen molar-refractivity contribution in [1.82, 2.24) is 10.2 Å². The number of para-hydroxylation sites is 2. The van der Waals surface area contributed by atoms with E-state index < -0.39 is 34.3 Å². The topological polar surface area (TPSA) is 96.0 Å². The van der Waals surface area contributed by atoms with Gasteiger partial charge in [0.05, 0.1) is 18.6 Å². The van der Waals surface area contributed by atoms with Gasteiger partial charge >= 0.3 is 0 Å². The summed E-state index contributed by atoms with van der Waals surface area (Å²) in [7, 11) is -3.93. The summed E-state index contributed by atoms with van der Waals surface area (Å²) in [6.45, 7) is 3.95. The number of nitrogens with zero attached hydrogens (tertiary/aromatic N) is 2. The lowest BCUT2D eigenvalue weighted by Crippen LogP contribution is -2.53. The van der Waals surface area contributed by atoms with E-state index >= 15 is 0 Å². The van der Waals surface area contributed by atoms with Crippen molar-refractivity contribution in [2.45, 2.75) is 45.7 Å². The standard InChI is InChI=1S/C31H38FN3O5S/c1-4-6-20-33-31(37)28(21-24-12-8-7-9-13-24)34(22-25-16-18-26(32)19-17-25)30(36)23-35(41(3,38)39)27-14-10-11-15-29(27)40-5-2/h7-19,28H,4-6,20-23H2,1-3H3,(H,33,37)/t28-/m1/s1. The maximum absolute atomic E-state index is 14.1. The summed E-state index contributed by atoms with van der Waals surface area (Å²) in [5, 5.41) is 2.93. The van der Waals surface area contributed by atoms with Crippen LogP contribution in [0.5, 0.6) is 5.75 Å². The van der Waals surface area contributed by atoms with Crippen molar-refractivity contribution in [3.8, 4) is 5.75 Å². The van der Waals surface area contributed by atoms with E-state index in [-0.39, 0.29) is 24.6 Å². The first-order chi connectivity index (χ1) is 19.6. The van der Waals surface area contributed by atoms with Gasteiger partial charge in [0.15, 0.2) is 0 Å². The van der Waals surface area contributed by atoms with E-state index in [0.717, 1.165) is 29.0 Å². The Balaban J connectivity index is 2.05. The molecule has 10 heteroatoms. The second kappa shape index (κ2) is 15.2. The Morgan fingerprint density at radius 3 is 2.22 bits per heavy atom. The van der Waals surface area contributed by atoms with Crippen LogP contribution in [0.25, 0.3) is 0 Å². The maximum atomic E-state index is 14.1. The Morgan fingerprint density at radius 1 is 0.927 bits per heavy atom. The van der Waals surface area contributed by atoms with E-state index in [1.54, 1.807) is 43.3 Å². The van der Waals surface area contributed by atoms with Crippen LogP contribution in [0.4, 0.5) is 10.1 Å². The van der Waals surface area contributed by atoms with Crippen LogP contribution < -0.4 is 14.4 Å². The molecular weight excluding hydrogens is 545 g/mol. The quantitative estimate of drug-likeness (QED) is 0.265. The van der Waals surface area contributed by atoms with Gasteiger partial charge in [-0.1, -0.05) is 67.9 Å². The van der Waals surface area contributed by atoms with Crippen LogP contribution in [0.3, 0.4) is 0 Å². The van der Waals surface area contributed by atoms with Crippen molar-refractivity contribution in [3.05, 3.63) is 95.8 Å². The third-order valence-electron chi connectivity index (χ3n) is 6.48. The molecule has 0 radical (unpaired) electrons. The third-order valence-corrected chi connectivity index (χ3v) is 7.61. The minimum Gasteiger partial charge on any atom is -0.492 e. The zero-order chi connectivity index (χ0) is 29.8. The van der Waals surface area contributed by atoms with Crippen LogP contribution in [0.2, 0.25) is 0 Å². The summed E-state index contributed by atoms with van der Waals surface area (Å²) >= 11 is 0. The van der Waals surface area contributed by atoms with Crippen molar-refractivity contribution in [3.63, 3.8) is 0 Å². The normalized spacial score (nSPS) is 11.9. The highest BCUT2D eigenvalue weighted by Gasteiger charge is 2.33. The molecule has 0 unspecified atom stereocenters. The first-order valence-electron chi connectivity index (χ1n) is 13.7. The molecule has 220 valence electrons. The number of anilines is 1. The molecule has 0 saturated carbocycles. The lowest BCUT2D eigenvalue weighted by atomic mass is 10.0. The van der Waals surface area contributed by atoms with Crippen LogP contribution in [-0.2, 0) is 32.6 Å². The van der Waals surface area contributed by atoms with E-state index in [1.165, 1.54) is 17.0 Å². The Bertz CT molecular complexity index is 1380. The lowest BCUT2D eigenvalue weighted by molar-refractivity contribution is -0.140. The molecule has 0 aliphatic carbocycles. The highest BCUT2D eigenvalue weighted by atomic mass is 32.2. The van der Waals surface area contributed by atoms with Gasteiger partial charge in [-0.2, -0.15) is 0 Å². The molecule has 0 spiro atoms. The second-order valence-corrected chi connectivity index (χ2v) is 11.6. The molecule has 1 N–H and O–H groups in total. The first-order valence-corrected chi connectivity index (χ1v) is 15.5. The number of rotatable bonds is 15. The molecule has 0 saturated heterocycles. The second-order valence-electron chi connectivity index (χ2n) is 9.67. The molecule has 3 rings (SSSR count). The molecule has 0 heterocycles. The fourth-order valence-corrected chi connectivity index (χ4v) is 5.24. The maximum Gasteiger partial charge on any atom is 0.244 e. The van der Waals surface area contributed by atoms with E-state index in [0.29, 0.717) is 24.5 Å². The molecule has 0 fully saturated rings. The highest BCUT2D eigenvalue weighted by molar-refractivity contribution is 7.92. The number of amides is 2. The van der Waals surface area contributed by atoms with Gasteiger partial charge in [0.1, 0.15) is 24.2 Å². The van der Waals surface area contributed by atoms with E-state index in [9.17, 15) is 22.4 Å². The fourth-order valence-electron chi connectivity index (χ4n) is 4.38. The number of nitrogens with one attached hydrogen (secondary N) is 1. The van der Waals surface area contributed by atoms with Crippen molar-refractivity contribution in [2.24, 2.45) is 0 Å². The van der Waals surface area contributed by atoms with Gasteiger partial charge in [-0.25, -0.2) is 12.8 Å². The van der Waals surface area contributed by atoms with Gasteiger partial charge < -0.3 is 15.0 Å². The van der Waals surface area contributed by atoms with Crippen LogP contribution in [-0.4, -0.2) is 57.1 Å². The van der Waals surface area contributed by atoms with Gasteiger partial charge in [0, 0.05) is 19.5 Å². The van der Waals surface area contributed by atoms with Gasteiger partial charge in [-0.15, -0.1) is 0 Å². The van der Waals surface area contributed by atoms with Crippen molar-refractivity contribution in [2.75, 3.05) is 30.3 Å². The molecule has 0 aromatic heterocycles. The molecule has 0 aliphatic heterocycles. The molecule has 1 atom stereocenters. The third kappa shape index (κ3) is 9.31. The van der Waals surface area contributed by atoms with Crippen LogP contribution >= 0.6 is 0 Å². The molecule has 0 bridgehead atoms. The number of hydrogen-bond donors (Lipinski definition) is 1.